The van der Waals surface area contributed by atoms with Gasteiger partial charge >= 0.3 is 11.9 Å². The molecule has 0 atom stereocenters. The van der Waals surface area contributed by atoms with E-state index in [1.807, 2.05) is 0 Å². The highest BCUT2D eigenvalue weighted by molar-refractivity contribution is 6.00. The van der Waals surface area contributed by atoms with Gasteiger partial charge in [0.2, 0.25) is 0 Å². The zero-order valence-electron chi connectivity index (χ0n) is 7.81. The van der Waals surface area contributed by atoms with Crippen molar-refractivity contribution >= 4 is 11.9 Å². The van der Waals surface area contributed by atoms with Gasteiger partial charge in [-0.2, -0.15) is 0 Å². The van der Waals surface area contributed by atoms with Crippen LogP contribution in [0.5, 0.6) is 0 Å². The second-order valence-electron chi connectivity index (χ2n) is 2.61. The molecule has 0 aliphatic carbocycles. The first-order valence-electron chi connectivity index (χ1n) is 3.95. The molecular weight excluding hydrogens is 198 g/mol. The molecule has 0 radical (unpaired) electrons. The van der Waals surface area contributed by atoms with Gasteiger partial charge in [-0.25, -0.2) is 14.6 Å². The predicted molar refractivity (Wildman–Crippen MR) is 50.7 cm³/mol. The van der Waals surface area contributed by atoms with Crippen molar-refractivity contribution in [2.75, 3.05) is 0 Å². The summed E-state index contributed by atoms with van der Waals surface area (Å²) >= 11 is 0. The molecule has 0 aromatic carbocycles. The highest BCUT2D eigenvalue weighted by Gasteiger charge is 2.17. The van der Waals surface area contributed by atoms with Gasteiger partial charge in [0.25, 0.3) is 0 Å². The van der Waals surface area contributed by atoms with Crippen LogP contribution >= 0.6 is 0 Å². The van der Waals surface area contributed by atoms with Crippen molar-refractivity contribution in [2.24, 2.45) is 0 Å². The lowest BCUT2D eigenvalue weighted by Crippen LogP contribution is -2.10. The van der Waals surface area contributed by atoms with Gasteiger partial charge in [-0.1, -0.05) is 5.92 Å². The molecule has 0 unspecified atom stereocenters. The summed E-state index contributed by atoms with van der Waals surface area (Å²) in [7, 11) is 0. The Morgan fingerprint density at radius 1 is 1.33 bits per heavy atom. The first kappa shape index (κ1) is 10.7. The molecule has 5 heteroatoms. The van der Waals surface area contributed by atoms with Crippen LogP contribution in [-0.2, 0) is 0 Å². The fourth-order valence-electron chi connectivity index (χ4n) is 1.01. The van der Waals surface area contributed by atoms with E-state index >= 15 is 0 Å². The number of carbonyl (C=O) groups is 2. The Kier molecular flexibility index (Phi) is 3.03. The fraction of sp³-hybridized carbons (Fsp3) is 0.100. The molecule has 0 aliphatic heterocycles. The zero-order chi connectivity index (χ0) is 11.4. The summed E-state index contributed by atoms with van der Waals surface area (Å²) in [5.41, 5.74) is -0.466. The lowest BCUT2D eigenvalue weighted by molar-refractivity contribution is 0.0646. The maximum Gasteiger partial charge on any atom is 0.355 e. The van der Waals surface area contributed by atoms with Gasteiger partial charge in [-0.3, -0.25) is 0 Å². The van der Waals surface area contributed by atoms with Crippen LogP contribution in [0.4, 0.5) is 0 Å². The van der Waals surface area contributed by atoms with Crippen LogP contribution in [-0.4, -0.2) is 27.1 Å². The summed E-state index contributed by atoms with van der Waals surface area (Å²) in [6.45, 7) is 1.59. The van der Waals surface area contributed by atoms with Gasteiger partial charge in [-0.15, -0.1) is 5.92 Å². The topological polar surface area (TPSA) is 87.5 Å². The number of carboxylic acids is 2. The fourth-order valence-corrected chi connectivity index (χ4v) is 1.01. The largest absolute Gasteiger partial charge is 0.478 e. The van der Waals surface area contributed by atoms with E-state index in [1.54, 1.807) is 6.92 Å². The first-order valence-corrected chi connectivity index (χ1v) is 3.95. The molecular formula is C10H7NO4. The highest BCUT2D eigenvalue weighted by Crippen LogP contribution is 2.08. The Labute approximate surface area is 85.4 Å². The average Bonchev–Trinajstić information content (AvgIpc) is 2.17. The van der Waals surface area contributed by atoms with E-state index in [-0.39, 0.29) is 5.56 Å². The quantitative estimate of drug-likeness (QED) is 0.699. The second-order valence-corrected chi connectivity index (χ2v) is 2.61. The van der Waals surface area contributed by atoms with E-state index in [4.69, 9.17) is 10.2 Å². The molecule has 1 aromatic heterocycles. The summed E-state index contributed by atoms with van der Waals surface area (Å²) < 4.78 is 0. The van der Waals surface area contributed by atoms with Gasteiger partial charge in [0.05, 0.1) is 5.56 Å². The second kappa shape index (κ2) is 4.24. The van der Waals surface area contributed by atoms with Crippen molar-refractivity contribution in [3.8, 4) is 11.8 Å². The Bertz CT molecular complexity index is 482. The summed E-state index contributed by atoms with van der Waals surface area (Å²) in [6, 6.07) is 1.19. The van der Waals surface area contributed by atoms with E-state index < -0.39 is 17.6 Å². The van der Waals surface area contributed by atoms with Gasteiger partial charge in [-0.05, 0) is 13.0 Å². The summed E-state index contributed by atoms with van der Waals surface area (Å²) in [6.07, 6.45) is 1.23. The van der Waals surface area contributed by atoms with Crippen molar-refractivity contribution in [3.05, 3.63) is 29.1 Å². The summed E-state index contributed by atoms with van der Waals surface area (Å²) in [5, 5.41) is 17.4. The number of hydrogen-bond acceptors (Lipinski definition) is 3. The molecule has 0 bridgehead atoms. The number of rotatable bonds is 2. The standard InChI is InChI=1S/C10H7NO4/c1-2-3-6-4-7(9(12)13)8(10(14)15)11-5-6/h4-5H,1H3,(H,12,13)(H,14,15). The molecule has 1 heterocycles. The van der Waals surface area contributed by atoms with Crippen LogP contribution in [0.25, 0.3) is 0 Å². The van der Waals surface area contributed by atoms with Crippen molar-refractivity contribution in [1.82, 2.24) is 4.98 Å². The van der Waals surface area contributed by atoms with Crippen LogP contribution in [0.2, 0.25) is 0 Å². The molecule has 1 aromatic rings. The zero-order valence-corrected chi connectivity index (χ0v) is 7.81. The van der Waals surface area contributed by atoms with Crippen LogP contribution in [0, 0.1) is 11.8 Å². The molecule has 15 heavy (non-hydrogen) atoms. The Morgan fingerprint density at radius 2 is 2.00 bits per heavy atom. The SMILES string of the molecule is CC#Cc1cnc(C(=O)O)c(C(=O)O)c1. The van der Waals surface area contributed by atoms with Gasteiger partial charge < -0.3 is 10.2 Å². The van der Waals surface area contributed by atoms with Gasteiger partial charge in [0.15, 0.2) is 5.69 Å². The third-order valence-electron chi connectivity index (χ3n) is 1.59. The minimum absolute atomic E-state index is 0.359. The molecule has 76 valence electrons. The number of carboxylic acid groups (broad SMARTS) is 2. The van der Waals surface area contributed by atoms with Crippen molar-refractivity contribution < 1.29 is 19.8 Å². The van der Waals surface area contributed by atoms with Gasteiger partial charge in [0, 0.05) is 11.8 Å². The number of aromatic carboxylic acids is 2. The number of aromatic nitrogens is 1. The smallest absolute Gasteiger partial charge is 0.355 e. The van der Waals surface area contributed by atoms with Crippen LogP contribution < -0.4 is 0 Å². The molecule has 0 aliphatic rings. The van der Waals surface area contributed by atoms with E-state index in [1.165, 1.54) is 12.3 Å². The van der Waals surface area contributed by atoms with Crippen molar-refractivity contribution in [2.45, 2.75) is 6.92 Å². The lowest BCUT2D eigenvalue weighted by Gasteiger charge is -2.00. The molecule has 0 spiro atoms. The third kappa shape index (κ3) is 2.31. The average molecular weight is 205 g/mol. The summed E-state index contributed by atoms with van der Waals surface area (Å²) in [5.74, 6) is 2.46. The Balaban J connectivity index is 3.37. The number of nitrogens with zero attached hydrogens (tertiary/aromatic N) is 1. The molecule has 0 saturated heterocycles. The number of pyridine rings is 1. The van der Waals surface area contributed by atoms with Gasteiger partial charge in [0.1, 0.15) is 0 Å². The van der Waals surface area contributed by atoms with Crippen LogP contribution in [0.3, 0.4) is 0 Å². The van der Waals surface area contributed by atoms with Crippen molar-refractivity contribution in [1.29, 1.82) is 0 Å². The lowest BCUT2D eigenvalue weighted by atomic mass is 10.1. The van der Waals surface area contributed by atoms with E-state index in [9.17, 15) is 9.59 Å². The molecule has 5 nitrogen and oxygen atoms in total. The minimum Gasteiger partial charge on any atom is -0.478 e. The van der Waals surface area contributed by atoms with E-state index in [0.717, 1.165) is 0 Å². The monoisotopic (exact) mass is 205 g/mol. The first-order chi connectivity index (χ1) is 7.06. The van der Waals surface area contributed by atoms with E-state index in [2.05, 4.69) is 16.8 Å². The Hall–Kier alpha value is -2.35. The molecule has 1 rings (SSSR count). The maximum atomic E-state index is 10.7. The summed E-state index contributed by atoms with van der Waals surface area (Å²) in [4.78, 5) is 24.9. The normalized spacial score (nSPS) is 8.87. The predicted octanol–water partition coefficient (Wildman–Crippen LogP) is 0.849. The number of hydrogen-bond donors (Lipinski definition) is 2. The molecule has 0 saturated carbocycles. The van der Waals surface area contributed by atoms with E-state index in [0.29, 0.717) is 5.56 Å². The minimum atomic E-state index is -1.37. The van der Waals surface area contributed by atoms with Crippen LogP contribution in [0.15, 0.2) is 12.3 Å². The molecule has 2 N–H and O–H groups in total. The maximum absolute atomic E-state index is 10.7. The Morgan fingerprint density at radius 3 is 2.47 bits per heavy atom. The third-order valence-corrected chi connectivity index (χ3v) is 1.59. The molecule has 0 amide bonds. The molecule has 0 fully saturated rings. The van der Waals surface area contributed by atoms with Crippen molar-refractivity contribution in [3.63, 3.8) is 0 Å². The van der Waals surface area contributed by atoms with Crippen LogP contribution in [0.1, 0.15) is 33.3 Å². The highest BCUT2D eigenvalue weighted by atomic mass is 16.4.